The molecule has 1 atom stereocenters. The van der Waals surface area contributed by atoms with Gasteiger partial charge in [-0.25, -0.2) is 0 Å². The van der Waals surface area contributed by atoms with Crippen LogP contribution >= 0.6 is 31.9 Å². The van der Waals surface area contributed by atoms with Crippen molar-refractivity contribution in [1.82, 2.24) is 10.2 Å². The first-order valence-electron chi connectivity index (χ1n) is 6.67. The van der Waals surface area contributed by atoms with Gasteiger partial charge in [0.2, 0.25) is 5.91 Å². The van der Waals surface area contributed by atoms with Crippen LogP contribution in [0.1, 0.15) is 12.5 Å². The van der Waals surface area contributed by atoms with Crippen LogP contribution in [0.5, 0.6) is 0 Å². The number of hydrogen-bond acceptors (Lipinski definition) is 3. The van der Waals surface area contributed by atoms with E-state index in [1.54, 1.807) is 0 Å². The van der Waals surface area contributed by atoms with Crippen molar-refractivity contribution in [3.05, 3.63) is 26.6 Å². The number of carbonyl (C=O) groups is 1. The summed E-state index contributed by atoms with van der Waals surface area (Å²) in [6.07, 6.45) is 0. The summed E-state index contributed by atoms with van der Waals surface area (Å²) in [4.78, 5) is 14.3. The number of aryl methyl sites for hydroxylation is 1. The number of piperazine rings is 1. The van der Waals surface area contributed by atoms with Crippen molar-refractivity contribution in [2.24, 2.45) is 0 Å². The van der Waals surface area contributed by atoms with Crippen LogP contribution in [0.2, 0.25) is 0 Å². The summed E-state index contributed by atoms with van der Waals surface area (Å²) in [5.41, 5.74) is 1.93. The van der Waals surface area contributed by atoms with Gasteiger partial charge in [-0.3, -0.25) is 9.69 Å². The lowest BCUT2D eigenvalue weighted by Gasteiger charge is -2.31. The van der Waals surface area contributed by atoms with Gasteiger partial charge in [0.1, 0.15) is 0 Å². The predicted octanol–water partition coefficient (Wildman–Crippen LogP) is 2.75. The predicted molar refractivity (Wildman–Crippen MR) is 89.1 cm³/mol. The van der Waals surface area contributed by atoms with Crippen LogP contribution in [0.3, 0.4) is 0 Å². The largest absolute Gasteiger partial charge is 0.323 e. The number of anilines is 1. The molecule has 1 aromatic carbocycles. The van der Waals surface area contributed by atoms with Crippen LogP contribution in [-0.2, 0) is 4.79 Å². The zero-order valence-corrected chi connectivity index (χ0v) is 14.8. The van der Waals surface area contributed by atoms with Crippen molar-refractivity contribution in [2.45, 2.75) is 19.9 Å². The maximum Gasteiger partial charge on any atom is 0.238 e. The second-order valence-corrected chi connectivity index (χ2v) is 6.95. The third-order valence-electron chi connectivity index (χ3n) is 3.27. The van der Waals surface area contributed by atoms with E-state index in [0.717, 1.165) is 39.8 Å². The van der Waals surface area contributed by atoms with Gasteiger partial charge in [-0.1, -0.05) is 0 Å². The Kier molecular flexibility index (Phi) is 5.60. The van der Waals surface area contributed by atoms with Gasteiger partial charge in [0.05, 0.1) is 12.2 Å². The molecule has 0 spiro atoms. The molecular weight excluding hydrogens is 386 g/mol. The van der Waals surface area contributed by atoms with E-state index in [9.17, 15) is 4.79 Å². The summed E-state index contributed by atoms with van der Waals surface area (Å²) in [6, 6.07) is 4.43. The standard InChI is InChI=1S/C14H19Br2N3O/c1-9-5-11(15)14(12(16)6-9)18-13(20)8-19-4-3-17-10(2)7-19/h5-6,10,17H,3-4,7-8H2,1-2H3,(H,18,20)/t10-/m1/s1. The number of hydrogen-bond donors (Lipinski definition) is 2. The maximum atomic E-state index is 12.2. The highest BCUT2D eigenvalue weighted by atomic mass is 79.9. The summed E-state index contributed by atoms with van der Waals surface area (Å²) in [5, 5.41) is 6.34. The van der Waals surface area contributed by atoms with E-state index in [1.807, 2.05) is 19.1 Å². The molecule has 0 unspecified atom stereocenters. The Hall–Kier alpha value is -0.430. The summed E-state index contributed by atoms with van der Waals surface area (Å²) in [7, 11) is 0. The molecule has 1 aromatic rings. The molecular formula is C14H19Br2N3O. The van der Waals surface area contributed by atoms with Gasteiger partial charge in [-0.15, -0.1) is 0 Å². The molecule has 0 aliphatic carbocycles. The van der Waals surface area contributed by atoms with E-state index in [2.05, 4.69) is 54.3 Å². The molecule has 2 rings (SSSR count). The van der Waals surface area contributed by atoms with E-state index < -0.39 is 0 Å². The molecule has 1 heterocycles. The maximum absolute atomic E-state index is 12.2. The smallest absolute Gasteiger partial charge is 0.238 e. The van der Waals surface area contributed by atoms with Crippen LogP contribution < -0.4 is 10.6 Å². The van der Waals surface area contributed by atoms with Crippen molar-refractivity contribution < 1.29 is 4.79 Å². The van der Waals surface area contributed by atoms with E-state index in [1.165, 1.54) is 0 Å². The minimum absolute atomic E-state index is 0.0179. The molecule has 6 heteroatoms. The van der Waals surface area contributed by atoms with Gasteiger partial charge in [0.25, 0.3) is 0 Å². The topological polar surface area (TPSA) is 44.4 Å². The minimum atomic E-state index is 0.0179. The number of rotatable bonds is 3. The molecule has 1 amide bonds. The van der Waals surface area contributed by atoms with Gasteiger partial charge in [-0.2, -0.15) is 0 Å². The van der Waals surface area contributed by atoms with Gasteiger partial charge in [0, 0.05) is 34.6 Å². The molecule has 0 radical (unpaired) electrons. The molecule has 110 valence electrons. The first-order chi connectivity index (χ1) is 9.45. The molecule has 1 aliphatic rings. The summed E-state index contributed by atoms with van der Waals surface area (Å²) >= 11 is 6.99. The van der Waals surface area contributed by atoms with Crippen molar-refractivity contribution >= 4 is 43.5 Å². The Labute approximate surface area is 136 Å². The quantitative estimate of drug-likeness (QED) is 0.813. The summed E-state index contributed by atoms with van der Waals surface area (Å²) in [6.45, 7) is 7.34. The Bertz CT molecular complexity index is 484. The Morgan fingerprint density at radius 3 is 2.70 bits per heavy atom. The number of nitrogens with zero attached hydrogens (tertiary/aromatic N) is 1. The van der Waals surface area contributed by atoms with Crippen LogP contribution in [0.15, 0.2) is 21.1 Å². The van der Waals surface area contributed by atoms with Crippen LogP contribution in [0.25, 0.3) is 0 Å². The van der Waals surface area contributed by atoms with E-state index in [0.29, 0.717) is 12.6 Å². The Morgan fingerprint density at radius 1 is 1.45 bits per heavy atom. The van der Waals surface area contributed by atoms with Crippen molar-refractivity contribution in [3.63, 3.8) is 0 Å². The minimum Gasteiger partial charge on any atom is -0.323 e. The van der Waals surface area contributed by atoms with Gasteiger partial charge in [0.15, 0.2) is 0 Å². The molecule has 0 aromatic heterocycles. The lowest BCUT2D eigenvalue weighted by molar-refractivity contribution is -0.117. The monoisotopic (exact) mass is 403 g/mol. The fourth-order valence-corrected chi connectivity index (χ4v) is 3.97. The lowest BCUT2D eigenvalue weighted by atomic mass is 10.2. The van der Waals surface area contributed by atoms with Crippen molar-refractivity contribution in [2.75, 3.05) is 31.5 Å². The van der Waals surface area contributed by atoms with E-state index >= 15 is 0 Å². The molecule has 1 saturated heterocycles. The Balaban J connectivity index is 1.98. The zero-order valence-electron chi connectivity index (χ0n) is 11.7. The van der Waals surface area contributed by atoms with Crippen LogP contribution in [0, 0.1) is 6.92 Å². The molecule has 0 bridgehead atoms. The highest BCUT2D eigenvalue weighted by molar-refractivity contribution is 9.11. The van der Waals surface area contributed by atoms with Gasteiger partial charge >= 0.3 is 0 Å². The van der Waals surface area contributed by atoms with Crippen LogP contribution in [-0.4, -0.2) is 43.0 Å². The molecule has 2 N–H and O–H groups in total. The first kappa shape index (κ1) is 15.9. The number of carbonyl (C=O) groups excluding carboxylic acids is 1. The number of benzene rings is 1. The van der Waals surface area contributed by atoms with Crippen molar-refractivity contribution in [3.8, 4) is 0 Å². The normalized spacial score (nSPS) is 19.9. The molecule has 4 nitrogen and oxygen atoms in total. The summed E-state index contributed by atoms with van der Waals surface area (Å²) in [5.74, 6) is 0.0179. The number of nitrogens with one attached hydrogen (secondary N) is 2. The third-order valence-corrected chi connectivity index (χ3v) is 4.52. The number of halogens is 2. The number of amides is 1. The highest BCUT2D eigenvalue weighted by Gasteiger charge is 2.19. The highest BCUT2D eigenvalue weighted by Crippen LogP contribution is 2.32. The average molecular weight is 405 g/mol. The van der Waals surface area contributed by atoms with Crippen LogP contribution in [0.4, 0.5) is 5.69 Å². The molecule has 1 aliphatic heterocycles. The zero-order chi connectivity index (χ0) is 14.7. The lowest BCUT2D eigenvalue weighted by Crippen LogP contribution is -2.51. The first-order valence-corrected chi connectivity index (χ1v) is 8.25. The van der Waals surface area contributed by atoms with Crippen molar-refractivity contribution in [1.29, 1.82) is 0 Å². The molecule has 1 fully saturated rings. The van der Waals surface area contributed by atoms with E-state index in [4.69, 9.17) is 0 Å². The molecule has 0 saturated carbocycles. The average Bonchev–Trinajstić information content (AvgIpc) is 2.33. The molecule has 20 heavy (non-hydrogen) atoms. The van der Waals surface area contributed by atoms with Gasteiger partial charge < -0.3 is 10.6 Å². The van der Waals surface area contributed by atoms with E-state index in [-0.39, 0.29) is 5.91 Å². The second kappa shape index (κ2) is 7.02. The summed E-state index contributed by atoms with van der Waals surface area (Å²) < 4.78 is 1.79. The Morgan fingerprint density at radius 2 is 2.10 bits per heavy atom. The third kappa shape index (κ3) is 4.28. The second-order valence-electron chi connectivity index (χ2n) is 5.24. The fourth-order valence-electron chi connectivity index (χ4n) is 2.36. The SMILES string of the molecule is Cc1cc(Br)c(NC(=O)CN2CCN[C@H](C)C2)c(Br)c1. The fraction of sp³-hybridized carbons (Fsp3) is 0.500. The van der Waals surface area contributed by atoms with Gasteiger partial charge in [-0.05, 0) is 63.4 Å².